The number of hydrogen-bond donors (Lipinski definition) is 2. The highest BCUT2D eigenvalue weighted by atomic mass is 16.5. The highest BCUT2D eigenvalue weighted by Crippen LogP contribution is 2.24. The summed E-state index contributed by atoms with van der Waals surface area (Å²) in [6, 6.07) is 8.74. The van der Waals surface area contributed by atoms with Gasteiger partial charge < -0.3 is 19.5 Å². The smallest absolute Gasteiger partial charge is 0.292 e. The Kier molecular flexibility index (Phi) is 3.65. The molecule has 3 rings (SSSR count). The molecule has 2 aromatic heterocycles. The number of carbonyl (C=O) groups excluding carboxylic acids is 2. The van der Waals surface area contributed by atoms with Crippen LogP contribution in [0.3, 0.4) is 0 Å². The number of carbonyl (C=O) groups is 2. The molecule has 22 heavy (non-hydrogen) atoms. The quantitative estimate of drug-likeness (QED) is 0.559. The summed E-state index contributed by atoms with van der Waals surface area (Å²) >= 11 is 0. The zero-order chi connectivity index (χ0) is 15.5. The molecule has 2 heterocycles. The van der Waals surface area contributed by atoms with Gasteiger partial charge in [0.2, 0.25) is 0 Å². The van der Waals surface area contributed by atoms with Crippen LogP contribution in [-0.4, -0.2) is 23.8 Å². The van der Waals surface area contributed by atoms with E-state index in [2.05, 4.69) is 10.3 Å². The highest BCUT2D eigenvalue weighted by molar-refractivity contribution is 6.44. The Hall–Kier alpha value is -3.02. The third-order valence-corrected chi connectivity index (χ3v) is 3.34. The Labute approximate surface area is 126 Å². The number of benzene rings is 1. The van der Waals surface area contributed by atoms with Gasteiger partial charge in [-0.15, -0.1) is 0 Å². The van der Waals surface area contributed by atoms with Crippen LogP contribution in [0.1, 0.15) is 16.1 Å². The van der Waals surface area contributed by atoms with Crippen molar-refractivity contribution >= 4 is 22.6 Å². The fourth-order valence-electron chi connectivity index (χ4n) is 2.20. The number of H-pyrrole nitrogens is 1. The summed E-state index contributed by atoms with van der Waals surface area (Å²) < 4.78 is 10.3. The Balaban J connectivity index is 1.80. The Bertz CT molecular complexity index is 818. The van der Waals surface area contributed by atoms with Crippen molar-refractivity contribution in [1.29, 1.82) is 0 Å². The maximum Gasteiger partial charge on any atom is 0.292 e. The van der Waals surface area contributed by atoms with E-state index >= 15 is 0 Å². The summed E-state index contributed by atoms with van der Waals surface area (Å²) in [4.78, 5) is 27.2. The minimum absolute atomic E-state index is 0.170. The molecular weight excluding hydrogens is 284 g/mol. The normalized spacial score (nSPS) is 10.6. The van der Waals surface area contributed by atoms with Crippen molar-refractivity contribution in [2.24, 2.45) is 0 Å². The largest absolute Gasteiger partial charge is 0.497 e. The summed E-state index contributed by atoms with van der Waals surface area (Å²) in [5.74, 6) is -0.0786. The Morgan fingerprint density at radius 1 is 1.32 bits per heavy atom. The van der Waals surface area contributed by atoms with Gasteiger partial charge >= 0.3 is 0 Å². The lowest BCUT2D eigenvalue weighted by Crippen LogP contribution is -2.30. The first-order chi connectivity index (χ1) is 10.7. The summed E-state index contributed by atoms with van der Waals surface area (Å²) in [5, 5.41) is 3.19. The molecule has 0 aliphatic heterocycles. The van der Waals surface area contributed by atoms with Crippen molar-refractivity contribution in [3.8, 4) is 5.75 Å². The van der Waals surface area contributed by atoms with E-state index in [-0.39, 0.29) is 6.54 Å². The Morgan fingerprint density at radius 2 is 2.18 bits per heavy atom. The van der Waals surface area contributed by atoms with E-state index in [9.17, 15) is 9.59 Å². The molecule has 0 fully saturated rings. The molecule has 0 unspecified atom stereocenters. The molecule has 6 nitrogen and oxygen atoms in total. The molecular formula is C16H14N2O4. The number of hydrogen-bond acceptors (Lipinski definition) is 4. The van der Waals surface area contributed by atoms with Gasteiger partial charge in [0, 0.05) is 17.1 Å². The van der Waals surface area contributed by atoms with Crippen molar-refractivity contribution < 1.29 is 18.7 Å². The van der Waals surface area contributed by atoms with E-state index < -0.39 is 11.7 Å². The predicted molar refractivity (Wildman–Crippen MR) is 79.7 cm³/mol. The summed E-state index contributed by atoms with van der Waals surface area (Å²) in [7, 11) is 1.55. The number of methoxy groups -OCH3 is 1. The van der Waals surface area contributed by atoms with E-state index in [1.807, 2.05) is 0 Å². The molecule has 6 heteroatoms. The van der Waals surface area contributed by atoms with Crippen LogP contribution in [0.2, 0.25) is 0 Å². The standard InChI is InChI=1S/C16H14N2O4/c1-21-10-4-5-14-12(7-10)13(9-17-14)15(19)16(20)18-8-11-3-2-6-22-11/h2-7,9,17H,8H2,1H3,(H,18,20). The van der Waals surface area contributed by atoms with Crippen LogP contribution >= 0.6 is 0 Å². The van der Waals surface area contributed by atoms with Crippen molar-refractivity contribution in [2.45, 2.75) is 6.54 Å². The number of aromatic nitrogens is 1. The van der Waals surface area contributed by atoms with Gasteiger partial charge in [-0.3, -0.25) is 9.59 Å². The van der Waals surface area contributed by atoms with E-state index in [0.717, 1.165) is 5.52 Å². The van der Waals surface area contributed by atoms with E-state index in [0.29, 0.717) is 22.5 Å². The molecule has 0 spiro atoms. The van der Waals surface area contributed by atoms with Crippen LogP contribution in [0.25, 0.3) is 10.9 Å². The number of fused-ring (bicyclic) bond motifs is 1. The molecule has 3 aromatic rings. The summed E-state index contributed by atoms with van der Waals surface area (Å²) in [6.45, 7) is 0.170. The second-order valence-electron chi connectivity index (χ2n) is 4.71. The highest BCUT2D eigenvalue weighted by Gasteiger charge is 2.20. The number of amides is 1. The molecule has 0 atom stereocenters. The fraction of sp³-hybridized carbons (Fsp3) is 0.125. The number of rotatable bonds is 5. The van der Waals surface area contributed by atoms with Gasteiger partial charge in [0.1, 0.15) is 11.5 Å². The SMILES string of the molecule is COc1ccc2[nH]cc(C(=O)C(=O)NCc3ccco3)c2c1. The first-order valence-electron chi connectivity index (χ1n) is 6.69. The lowest BCUT2D eigenvalue weighted by Gasteiger charge is -2.03. The van der Waals surface area contributed by atoms with Crippen LogP contribution in [0, 0.1) is 0 Å². The number of nitrogens with one attached hydrogen (secondary N) is 2. The second-order valence-corrected chi connectivity index (χ2v) is 4.71. The lowest BCUT2D eigenvalue weighted by molar-refractivity contribution is -0.117. The maximum atomic E-state index is 12.3. The zero-order valence-corrected chi connectivity index (χ0v) is 11.9. The van der Waals surface area contributed by atoms with Gasteiger partial charge in [-0.2, -0.15) is 0 Å². The van der Waals surface area contributed by atoms with E-state index in [4.69, 9.17) is 9.15 Å². The fourth-order valence-corrected chi connectivity index (χ4v) is 2.20. The maximum absolute atomic E-state index is 12.3. The van der Waals surface area contributed by atoms with E-state index in [1.54, 1.807) is 37.4 Å². The zero-order valence-electron chi connectivity index (χ0n) is 11.9. The lowest BCUT2D eigenvalue weighted by atomic mass is 10.1. The number of Topliss-reactive ketones (excluding diaryl/α,β-unsaturated/α-hetero) is 1. The number of aromatic amines is 1. The van der Waals surface area contributed by atoms with Crippen LogP contribution in [0.5, 0.6) is 5.75 Å². The molecule has 0 bridgehead atoms. The van der Waals surface area contributed by atoms with Crippen LogP contribution in [-0.2, 0) is 11.3 Å². The molecule has 2 N–H and O–H groups in total. The molecule has 0 aliphatic carbocycles. The molecule has 0 radical (unpaired) electrons. The van der Waals surface area contributed by atoms with Gasteiger partial charge in [0.15, 0.2) is 0 Å². The third kappa shape index (κ3) is 2.58. The molecule has 0 aliphatic rings. The first-order valence-corrected chi connectivity index (χ1v) is 6.69. The van der Waals surface area contributed by atoms with E-state index in [1.165, 1.54) is 12.5 Å². The van der Waals surface area contributed by atoms with Gasteiger partial charge in [0.05, 0.1) is 25.5 Å². The van der Waals surface area contributed by atoms with Gasteiger partial charge in [0.25, 0.3) is 11.7 Å². The van der Waals surface area contributed by atoms with Crippen molar-refractivity contribution in [1.82, 2.24) is 10.3 Å². The molecule has 112 valence electrons. The topological polar surface area (TPSA) is 84.3 Å². The molecule has 0 saturated carbocycles. The summed E-state index contributed by atoms with van der Waals surface area (Å²) in [6.07, 6.45) is 3.04. The Morgan fingerprint density at radius 3 is 2.91 bits per heavy atom. The second kappa shape index (κ2) is 5.77. The van der Waals surface area contributed by atoms with Crippen molar-refractivity contribution in [3.05, 3.63) is 54.1 Å². The number of furan rings is 1. The van der Waals surface area contributed by atoms with Crippen LogP contribution < -0.4 is 10.1 Å². The van der Waals surface area contributed by atoms with Crippen molar-refractivity contribution in [3.63, 3.8) is 0 Å². The average Bonchev–Trinajstić information content (AvgIpc) is 3.20. The van der Waals surface area contributed by atoms with Gasteiger partial charge in [-0.1, -0.05) is 0 Å². The molecule has 0 saturated heterocycles. The molecule has 1 aromatic carbocycles. The third-order valence-electron chi connectivity index (χ3n) is 3.34. The predicted octanol–water partition coefficient (Wildman–Crippen LogP) is 2.27. The molecule has 1 amide bonds. The minimum Gasteiger partial charge on any atom is -0.497 e. The van der Waals surface area contributed by atoms with Crippen molar-refractivity contribution in [2.75, 3.05) is 7.11 Å². The monoisotopic (exact) mass is 298 g/mol. The number of ketones is 1. The van der Waals surface area contributed by atoms with Gasteiger partial charge in [-0.25, -0.2) is 0 Å². The van der Waals surface area contributed by atoms with Crippen LogP contribution in [0.4, 0.5) is 0 Å². The summed E-state index contributed by atoms with van der Waals surface area (Å²) in [5.41, 5.74) is 1.08. The van der Waals surface area contributed by atoms with Crippen LogP contribution in [0.15, 0.2) is 47.2 Å². The number of ether oxygens (including phenoxy) is 1. The average molecular weight is 298 g/mol. The minimum atomic E-state index is -0.680. The van der Waals surface area contributed by atoms with Gasteiger partial charge in [-0.05, 0) is 30.3 Å². The first kappa shape index (κ1) is 13.9.